The Morgan fingerprint density at radius 2 is 2.06 bits per heavy atom. The highest BCUT2D eigenvalue weighted by Crippen LogP contribution is 2.12. The van der Waals surface area contributed by atoms with Crippen LogP contribution in [0.5, 0.6) is 5.75 Å². The highest BCUT2D eigenvalue weighted by atomic mass is 16.5. The Bertz CT molecular complexity index is 334. The van der Waals surface area contributed by atoms with E-state index in [0.717, 1.165) is 11.3 Å². The van der Waals surface area contributed by atoms with Crippen LogP contribution in [0.2, 0.25) is 0 Å². The van der Waals surface area contributed by atoms with Gasteiger partial charge in [0.05, 0.1) is 19.3 Å². The number of aliphatic hydroxyl groups excluding tert-OH is 1. The van der Waals surface area contributed by atoms with E-state index >= 15 is 0 Å². The molecule has 0 radical (unpaired) electrons. The van der Waals surface area contributed by atoms with E-state index in [1.165, 1.54) is 0 Å². The Morgan fingerprint density at radius 3 is 2.50 bits per heavy atom. The maximum absolute atomic E-state index is 9.19. The summed E-state index contributed by atoms with van der Waals surface area (Å²) in [6, 6.07) is 7.82. The second-order valence-electron chi connectivity index (χ2n) is 3.98. The van der Waals surface area contributed by atoms with Crippen molar-refractivity contribution in [3.63, 3.8) is 0 Å². The summed E-state index contributed by atoms with van der Waals surface area (Å²) < 4.78 is 5.08. The van der Waals surface area contributed by atoms with Crippen LogP contribution in [-0.4, -0.2) is 24.4 Å². The number of methoxy groups -OCH3 is 1. The van der Waals surface area contributed by atoms with E-state index in [1.54, 1.807) is 13.2 Å². The predicted octanol–water partition coefficient (Wildman–Crippen LogP) is 1.72. The molecule has 3 heteroatoms. The highest BCUT2D eigenvalue weighted by Gasteiger charge is 2.17. The lowest BCUT2D eigenvalue weighted by Gasteiger charge is -2.24. The summed E-state index contributed by atoms with van der Waals surface area (Å²) in [6.07, 6.45) is 1.72. The molecular formula is C13H19NO2. The summed E-state index contributed by atoms with van der Waals surface area (Å²) in [6.45, 7) is 6.33. The molecule has 0 aliphatic carbocycles. The zero-order valence-electron chi connectivity index (χ0n) is 9.86. The van der Waals surface area contributed by atoms with Crippen LogP contribution in [-0.2, 0) is 6.54 Å². The molecule has 0 spiro atoms. The average molecular weight is 221 g/mol. The minimum atomic E-state index is -0.431. The fourth-order valence-electron chi connectivity index (χ4n) is 1.24. The first kappa shape index (κ1) is 12.7. The Balaban J connectivity index is 2.57. The van der Waals surface area contributed by atoms with Gasteiger partial charge in [0.25, 0.3) is 0 Å². The largest absolute Gasteiger partial charge is 0.497 e. The van der Waals surface area contributed by atoms with Crippen molar-refractivity contribution in [2.75, 3.05) is 13.7 Å². The maximum atomic E-state index is 9.19. The first-order valence-corrected chi connectivity index (χ1v) is 5.26. The molecule has 0 saturated carbocycles. The lowest BCUT2D eigenvalue weighted by molar-refractivity contribution is 0.207. The SMILES string of the molecule is C=C[C@@](C)(CO)NCc1ccc(OC)cc1. The number of benzene rings is 1. The van der Waals surface area contributed by atoms with Crippen LogP contribution in [0.25, 0.3) is 0 Å². The van der Waals surface area contributed by atoms with Gasteiger partial charge in [-0.15, -0.1) is 6.58 Å². The van der Waals surface area contributed by atoms with Crippen LogP contribution < -0.4 is 10.1 Å². The monoisotopic (exact) mass is 221 g/mol. The zero-order chi connectivity index (χ0) is 12.0. The third-order valence-electron chi connectivity index (χ3n) is 2.63. The Kier molecular flexibility index (Phi) is 4.52. The molecule has 1 atom stereocenters. The van der Waals surface area contributed by atoms with Gasteiger partial charge in [0.1, 0.15) is 5.75 Å². The van der Waals surface area contributed by atoms with Crippen molar-refractivity contribution in [3.05, 3.63) is 42.5 Å². The summed E-state index contributed by atoms with van der Waals surface area (Å²) in [4.78, 5) is 0. The van der Waals surface area contributed by atoms with E-state index in [-0.39, 0.29) is 6.61 Å². The molecule has 0 aromatic heterocycles. The van der Waals surface area contributed by atoms with Gasteiger partial charge in [-0.25, -0.2) is 0 Å². The number of nitrogens with one attached hydrogen (secondary N) is 1. The molecule has 2 N–H and O–H groups in total. The van der Waals surface area contributed by atoms with E-state index in [0.29, 0.717) is 6.54 Å². The second-order valence-corrected chi connectivity index (χ2v) is 3.98. The third kappa shape index (κ3) is 3.36. The third-order valence-corrected chi connectivity index (χ3v) is 2.63. The number of hydrogen-bond donors (Lipinski definition) is 2. The summed E-state index contributed by atoms with van der Waals surface area (Å²) in [7, 11) is 1.65. The van der Waals surface area contributed by atoms with E-state index in [1.807, 2.05) is 31.2 Å². The van der Waals surface area contributed by atoms with Gasteiger partial charge >= 0.3 is 0 Å². The van der Waals surface area contributed by atoms with Gasteiger partial charge in [-0.1, -0.05) is 18.2 Å². The molecule has 16 heavy (non-hydrogen) atoms. The molecule has 88 valence electrons. The molecule has 1 rings (SSSR count). The van der Waals surface area contributed by atoms with Gasteiger partial charge in [0.15, 0.2) is 0 Å². The molecule has 0 unspecified atom stereocenters. The Morgan fingerprint density at radius 1 is 1.44 bits per heavy atom. The quantitative estimate of drug-likeness (QED) is 0.719. The van der Waals surface area contributed by atoms with Crippen LogP contribution in [0.15, 0.2) is 36.9 Å². The molecular weight excluding hydrogens is 202 g/mol. The van der Waals surface area contributed by atoms with Gasteiger partial charge in [-0.2, -0.15) is 0 Å². The van der Waals surface area contributed by atoms with Gasteiger partial charge in [-0.05, 0) is 24.6 Å². The standard InChI is InChI=1S/C13H19NO2/c1-4-13(2,10-15)14-9-11-5-7-12(16-3)8-6-11/h4-8,14-15H,1,9-10H2,2-3H3/t13-/m0/s1. The van der Waals surface area contributed by atoms with Crippen LogP contribution in [0.3, 0.4) is 0 Å². The van der Waals surface area contributed by atoms with Crippen molar-refractivity contribution < 1.29 is 9.84 Å². The van der Waals surface area contributed by atoms with Crippen molar-refractivity contribution in [1.82, 2.24) is 5.32 Å². The van der Waals surface area contributed by atoms with Crippen LogP contribution in [0.4, 0.5) is 0 Å². The van der Waals surface area contributed by atoms with E-state index < -0.39 is 5.54 Å². The van der Waals surface area contributed by atoms with Crippen LogP contribution in [0.1, 0.15) is 12.5 Å². The van der Waals surface area contributed by atoms with Crippen LogP contribution >= 0.6 is 0 Å². The summed E-state index contributed by atoms with van der Waals surface area (Å²) in [5, 5.41) is 12.4. The smallest absolute Gasteiger partial charge is 0.118 e. The molecule has 0 aliphatic heterocycles. The lowest BCUT2D eigenvalue weighted by Crippen LogP contribution is -2.43. The average Bonchev–Trinajstić information content (AvgIpc) is 2.36. The van der Waals surface area contributed by atoms with Crippen molar-refractivity contribution in [2.24, 2.45) is 0 Å². The lowest BCUT2D eigenvalue weighted by atomic mass is 10.0. The van der Waals surface area contributed by atoms with Gasteiger partial charge in [-0.3, -0.25) is 0 Å². The Labute approximate surface area is 96.8 Å². The number of ether oxygens (including phenoxy) is 1. The molecule has 1 aromatic carbocycles. The highest BCUT2D eigenvalue weighted by molar-refractivity contribution is 5.27. The summed E-state index contributed by atoms with van der Waals surface area (Å²) >= 11 is 0. The molecule has 0 amide bonds. The maximum Gasteiger partial charge on any atom is 0.118 e. The topological polar surface area (TPSA) is 41.5 Å². The fraction of sp³-hybridized carbons (Fsp3) is 0.385. The molecule has 0 fully saturated rings. The zero-order valence-corrected chi connectivity index (χ0v) is 9.86. The summed E-state index contributed by atoms with van der Waals surface area (Å²) in [5.41, 5.74) is 0.710. The van der Waals surface area contributed by atoms with E-state index in [9.17, 15) is 5.11 Å². The first-order chi connectivity index (χ1) is 7.63. The molecule has 3 nitrogen and oxygen atoms in total. The van der Waals surface area contributed by atoms with Crippen molar-refractivity contribution in [3.8, 4) is 5.75 Å². The van der Waals surface area contributed by atoms with Gasteiger partial charge in [0.2, 0.25) is 0 Å². The van der Waals surface area contributed by atoms with Crippen molar-refractivity contribution in [2.45, 2.75) is 19.0 Å². The van der Waals surface area contributed by atoms with Crippen molar-refractivity contribution >= 4 is 0 Å². The van der Waals surface area contributed by atoms with Crippen molar-refractivity contribution in [1.29, 1.82) is 0 Å². The molecule has 0 bridgehead atoms. The number of hydrogen-bond acceptors (Lipinski definition) is 3. The van der Waals surface area contributed by atoms with E-state index in [4.69, 9.17) is 4.74 Å². The number of rotatable bonds is 6. The van der Waals surface area contributed by atoms with Crippen LogP contribution in [0, 0.1) is 0 Å². The predicted molar refractivity (Wildman–Crippen MR) is 65.5 cm³/mol. The minimum Gasteiger partial charge on any atom is -0.497 e. The van der Waals surface area contributed by atoms with E-state index in [2.05, 4.69) is 11.9 Å². The molecule has 0 aliphatic rings. The fourth-order valence-corrected chi connectivity index (χ4v) is 1.24. The minimum absolute atomic E-state index is 0.0344. The Hall–Kier alpha value is -1.32. The first-order valence-electron chi connectivity index (χ1n) is 5.26. The molecule has 0 heterocycles. The van der Waals surface area contributed by atoms with Gasteiger partial charge < -0.3 is 15.2 Å². The normalized spacial score (nSPS) is 14.2. The van der Waals surface area contributed by atoms with Gasteiger partial charge in [0, 0.05) is 6.54 Å². The second kappa shape index (κ2) is 5.68. The summed E-state index contributed by atoms with van der Waals surface area (Å²) in [5.74, 6) is 0.845. The molecule has 0 saturated heterocycles. The molecule has 1 aromatic rings. The number of aliphatic hydroxyl groups is 1.